The smallest absolute Gasteiger partial charge is 0.115 e. The fourth-order valence-corrected chi connectivity index (χ4v) is 2.11. The summed E-state index contributed by atoms with van der Waals surface area (Å²) >= 11 is 0. The van der Waals surface area contributed by atoms with Gasteiger partial charge in [-0.05, 0) is 26.0 Å². The molecule has 1 N–H and O–H groups in total. The number of phenols is 1. The van der Waals surface area contributed by atoms with Gasteiger partial charge in [0.25, 0.3) is 0 Å². The lowest BCUT2D eigenvalue weighted by Crippen LogP contribution is -2.10. The van der Waals surface area contributed by atoms with Crippen molar-refractivity contribution in [3.05, 3.63) is 35.5 Å². The molecule has 0 saturated carbocycles. The summed E-state index contributed by atoms with van der Waals surface area (Å²) in [6.45, 7) is 4.24. The van der Waals surface area contributed by atoms with E-state index in [4.69, 9.17) is 5.11 Å². The molecule has 0 aliphatic rings. The van der Waals surface area contributed by atoms with Crippen molar-refractivity contribution in [2.24, 2.45) is 0 Å². The third-order valence-corrected chi connectivity index (χ3v) is 3.65. The Morgan fingerprint density at radius 1 is 1.25 bits per heavy atom. The largest absolute Gasteiger partial charge is 0.508 e. The van der Waals surface area contributed by atoms with Crippen molar-refractivity contribution in [2.75, 3.05) is 0 Å². The second kappa shape index (κ2) is 4.12. The first kappa shape index (κ1) is 9.07. The Labute approximate surface area is 75.6 Å². The Bertz CT molecular complexity index is 270. The van der Waals surface area contributed by atoms with Crippen LogP contribution in [0, 0.1) is 0 Å². The molecule has 1 nitrogen and oxygen atoms in total. The van der Waals surface area contributed by atoms with E-state index in [2.05, 4.69) is 19.5 Å². The van der Waals surface area contributed by atoms with Crippen molar-refractivity contribution in [2.45, 2.75) is 13.8 Å². The molecule has 2 heteroatoms. The van der Waals surface area contributed by atoms with Crippen molar-refractivity contribution in [1.29, 1.82) is 0 Å². The minimum absolute atomic E-state index is 0.248. The first-order valence-corrected chi connectivity index (χ1v) is 5.62. The zero-order valence-electron chi connectivity index (χ0n) is 7.54. The molecule has 0 radical (unpaired) electrons. The molecule has 0 fully saturated rings. The fourth-order valence-electron chi connectivity index (χ4n) is 0.954. The first-order valence-electron chi connectivity index (χ1n) is 4.10. The van der Waals surface area contributed by atoms with Gasteiger partial charge in [0, 0.05) is 0 Å². The molecular formula is C10H14OSi. The predicted octanol–water partition coefficient (Wildman–Crippen LogP) is 1.11. The summed E-state index contributed by atoms with van der Waals surface area (Å²) in [5.41, 5.74) is 3.70. The summed E-state index contributed by atoms with van der Waals surface area (Å²) in [5, 5.41) is 10.4. The van der Waals surface area contributed by atoms with E-state index in [1.54, 1.807) is 12.1 Å². The fraction of sp³-hybridized carbons (Fsp3) is 0.200. The van der Waals surface area contributed by atoms with Crippen LogP contribution < -0.4 is 5.19 Å². The van der Waals surface area contributed by atoms with Gasteiger partial charge in [-0.25, -0.2) is 0 Å². The maximum Gasteiger partial charge on any atom is 0.115 e. The van der Waals surface area contributed by atoms with E-state index in [0.29, 0.717) is 5.75 Å². The Morgan fingerprint density at radius 3 is 2.33 bits per heavy atom. The Morgan fingerprint density at radius 2 is 1.83 bits per heavy atom. The van der Waals surface area contributed by atoms with Crippen LogP contribution in [0.5, 0.6) is 5.75 Å². The minimum Gasteiger partial charge on any atom is -0.508 e. The second-order valence-corrected chi connectivity index (χ2v) is 4.79. The van der Waals surface area contributed by atoms with Crippen LogP contribution in [0.3, 0.4) is 0 Å². The molecule has 0 heterocycles. The number of rotatable bonds is 2. The van der Waals surface area contributed by atoms with Gasteiger partial charge in [0.15, 0.2) is 0 Å². The zero-order chi connectivity index (χ0) is 8.97. The molecule has 0 aromatic heterocycles. The van der Waals surface area contributed by atoms with E-state index in [1.165, 1.54) is 10.8 Å². The summed E-state index contributed by atoms with van der Waals surface area (Å²) < 4.78 is 0. The van der Waals surface area contributed by atoms with Gasteiger partial charge < -0.3 is 5.11 Å². The van der Waals surface area contributed by atoms with Crippen molar-refractivity contribution in [1.82, 2.24) is 0 Å². The highest BCUT2D eigenvalue weighted by molar-refractivity contribution is 6.58. The van der Waals surface area contributed by atoms with Gasteiger partial charge in [-0.15, -0.1) is 0 Å². The summed E-state index contributed by atoms with van der Waals surface area (Å²) in [6, 6.07) is 7.50. The van der Waals surface area contributed by atoms with Crippen molar-refractivity contribution in [3.8, 4) is 5.75 Å². The lowest BCUT2D eigenvalue weighted by atomic mass is 10.3. The van der Waals surface area contributed by atoms with Gasteiger partial charge in [0.1, 0.15) is 5.75 Å². The van der Waals surface area contributed by atoms with Gasteiger partial charge >= 0.3 is 0 Å². The summed E-state index contributed by atoms with van der Waals surface area (Å²) in [7, 11) is -0.248. The molecule has 0 unspecified atom stereocenters. The van der Waals surface area contributed by atoms with E-state index >= 15 is 0 Å². The van der Waals surface area contributed by atoms with Crippen LogP contribution in [0.1, 0.15) is 13.8 Å². The van der Waals surface area contributed by atoms with E-state index < -0.39 is 0 Å². The maximum atomic E-state index is 9.03. The second-order valence-electron chi connectivity index (χ2n) is 3.15. The molecule has 0 atom stereocenters. The Hall–Kier alpha value is -1.02. The molecule has 12 heavy (non-hydrogen) atoms. The summed E-state index contributed by atoms with van der Waals surface area (Å²) in [5.74, 6) is 0.352. The summed E-state index contributed by atoms with van der Waals surface area (Å²) in [4.78, 5) is 0. The van der Waals surface area contributed by atoms with Crippen molar-refractivity contribution in [3.63, 3.8) is 0 Å². The quantitative estimate of drug-likeness (QED) is 0.673. The van der Waals surface area contributed by atoms with Crippen LogP contribution in [-0.2, 0) is 0 Å². The van der Waals surface area contributed by atoms with Gasteiger partial charge in [0.05, 0.1) is 9.52 Å². The molecule has 0 amide bonds. The predicted molar refractivity (Wildman–Crippen MR) is 55.7 cm³/mol. The lowest BCUT2D eigenvalue weighted by Gasteiger charge is -1.96. The average molecular weight is 178 g/mol. The average Bonchev–Trinajstić information content (AvgIpc) is 2.03. The number of hydrogen-bond acceptors (Lipinski definition) is 1. The lowest BCUT2D eigenvalue weighted by molar-refractivity contribution is 0.475. The molecule has 0 saturated heterocycles. The van der Waals surface area contributed by atoms with E-state index in [0.717, 1.165) is 0 Å². The van der Waals surface area contributed by atoms with Crippen LogP contribution >= 0.6 is 0 Å². The van der Waals surface area contributed by atoms with Crippen molar-refractivity contribution < 1.29 is 5.11 Å². The molecule has 0 bridgehead atoms. The zero-order valence-corrected chi connectivity index (χ0v) is 8.96. The molecule has 1 aromatic carbocycles. The monoisotopic (exact) mass is 178 g/mol. The number of hydrogen-bond donors (Lipinski definition) is 1. The van der Waals surface area contributed by atoms with Crippen LogP contribution in [-0.4, -0.2) is 14.6 Å². The highest BCUT2D eigenvalue weighted by atomic mass is 28.2. The van der Waals surface area contributed by atoms with Crippen LogP contribution in [0.25, 0.3) is 0 Å². The molecule has 0 aliphatic carbocycles. The van der Waals surface area contributed by atoms with Gasteiger partial charge in [0.2, 0.25) is 0 Å². The third-order valence-electron chi connectivity index (χ3n) is 1.68. The van der Waals surface area contributed by atoms with Crippen molar-refractivity contribution >= 4 is 14.7 Å². The number of phenolic OH excluding ortho intramolecular Hbond substituents is 1. The van der Waals surface area contributed by atoms with E-state index in [9.17, 15) is 0 Å². The Balaban J connectivity index is 2.65. The molecule has 1 rings (SSSR count). The highest BCUT2D eigenvalue weighted by Crippen LogP contribution is 2.02. The molecule has 64 valence electrons. The van der Waals surface area contributed by atoms with Crippen LogP contribution in [0.2, 0.25) is 0 Å². The standard InChI is InChI=1S/C10H14OSi/c1-8(2)7-12-10-5-3-9(11)4-6-10/h3-7,11H,12H2,1-2H3. The number of aromatic hydroxyl groups is 1. The SMILES string of the molecule is CC(C)=C[SiH2]c1ccc(O)cc1. The Kier molecular flexibility index (Phi) is 3.11. The van der Waals surface area contributed by atoms with Crippen LogP contribution in [0.15, 0.2) is 35.5 Å². The van der Waals surface area contributed by atoms with Crippen LogP contribution in [0.4, 0.5) is 0 Å². The van der Waals surface area contributed by atoms with Gasteiger partial charge in [-0.2, -0.15) is 0 Å². The molecule has 0 spiro atoms. The molecule has 0 aliphatic heterocycles. The third kappa shape index (κ3) is 2.92. The van der Waals surface area contributed by atoms with E-state index in [-0.39, 0.29) is 9.52 Å². The van der Waals surface area contributed by atoms with E-state index in [1.807, 2.05) is 12.1 Å². The highest BCUT2D eigenvalue weighted by Gasteiger charge is 1.90. The first-order chi connectivity index (χ1) is 5.68. The maximum absolute atomic E-state index is 9.03. The molecule has 1 aromatic rings. The molecular weight excluding hydrogens is 164 g/mol. The normalized spacial score (nSPS) is 10.5. The van der Waals surface area contributed by atoms with Gasteiger partial charge in [-0.1, -0.05) is 28.6 Å². The number of benzene rings is 1. The number of allylic oxidation sites excluding steroid dienone is 1. The van der Waals surface area contributed by atoms with Gasteiger partial charge in [-0.3, -0.25) is 0 Å². The minimum atomic E-state index is -0.248. The topological polar surface area (TPSA) is 20.2 Å². The summed E-state index contributed by atoms with van der Waals surface area (Å²) in [6.07, 6.45) is 0.